The van der Waals surface area contributed by atoms with E-state index in [1.54, 1.807) is 0 Å². The van der Waals surface area contributed by atoms with Crippen LogP contribution < -0.4 is 0 Å². The van der Waals surface area contributed by atoms with Gasteiger partial charge in [0.15, 0.2) is 0 Å². The minimum atomic E-state index is -2.27. The van der Waals surface area contributed by atoms with Crippen LogP contribution in [0.25, 0.3) is 0 Å². The molecule has 0 unspecified atom stereocenters. The minimum absolute atomic E-state index is 1.04. The van der Waals surface area contributed by atoms with E-state index >= 15 is 0 Å². The second kappa shape index (κ2) is 5.03. The Morgan fingerprint density at radius 1 is 0.750 bits per heavy atom. The zero-order valence-corrected chi connectivity index (χ0v) is 10.9. The van der Waals surface area contributed by atoms with Gasteiger partial charge in [-0.3, -0.25) is 0 Å². The third-order valence-corrected chi connectivity index (χ3v) is 9.42. The first-order valence-electron chi connectivity index (χ1n) is 4.91. The molecule has 76 valence electrons. The Labute approximate surface area is 86.5 Å². The molecule has 0 atom stereocenters. The summed E-state index contributed by atoms with van der Waals surface area (Å²) in [5.74, 6) is 0. The van der Waals surface area contributed by atoms with Gasteiger partial charge in [0, 0.05) is 0 Å². The number of hydrogen-bond acceptors (Lipinski definition) is 0. The Morgan fingerprint density at radius 2 is 1.00 bits per heavy atom. The molecular weight excluding hydrogens is 210 g/mol. The maximum absolute atomic E-state index is 6.59. The van der Waals surface area contributed by atoms with Crippen molar-refractivity contribution in [2.24, 2.45) is 0 Å². The van der Waals surface area contributed by atoms with Crippen molar-refractivity contribution in [2.75, 3.05) is 18.5 Å². The molecule has 0 aromatic carbocycles. The van der Waals surface area contributed by atoms with E-state index in [1.165, 1.54) is 0 Å². The number of halogens is 2. The summed E-state index contributed by atoms with van der Waals surface area (Å²) in [6.45, 7) is 6.49. The van der Waals surface area contributed by atoms with Gasteiger partial charge in [-0.1, -0.05) is 0 Å². The molecule has 0 heterocycles. The van der Waals surface area contributed by atoms with Gasteiger partial charge < -0.3 is 0 Å². The summed E-state index contributed by atoms with van der Waals surface area (Å²) in [5.41, 5.74) is 0. The molecule has 0 amide bonds. The molecule has 0 aromatic heterocycles. The molecule has 0 N–H and O–H groups in total. The molecular formula is C9H21Cl2P. The van der Waals surface area contributed by atoms with E-state index in [4.69, 9.17) is 22.5 Å². The van der Waals surface area contributed by atoms with Crippen LogP contribution in [0.4, 0.5) is 0 Å². The normalized spacial score (nSPS) is 15.6. The Hall–Kier alpha value is 1.01. The Bertz CT molecular complexity index is 111. The molecule has 0 aliphatic heterocycles. The molecule has 0 spiro atoms. The zero-order chi connectivity index (χ0) is 9.69. The van der Waals surface area contributed by atoms with Crippen LogP contribution in [0.1, 0.15) is 40.0 Å². The molecule has 0 saturated heterocycles. The molecule has 0 aliphatic rings. The summed E-state index contributed by atoms with van der Waals surface area (Å²) in [6, 6.07) is 0. The summed E-state index contributed by atoms with van der Waals surface area (Å²) in [4.78, 5) is 0. The van der Waals surface area contributed by atoms with Gasteiger partial charge in [-0.15, -0.1) is 0 Å². The summed E-state index contributed by atoms with van der Waals surface area (Å²) in [6.07, 6.45) is 6.46. The van der Waals surface area contributed by atoms with Crippen molar-refractivity contribution in [3.63, 3.8) is 0 Å². The first-order valence-corrected chi connectivity index (χ1v) is 9.51. The van der Waals surface area contributed by atoms with Crippen molar-refractivity contribution < 1.29 is 0 Å². The summed E-state index contributed by atoms with van der Waals surface area (Å²) in [7, 11) is 0. The number of rotatable bonds is 6. The maximum atomic E-state index is 6.59. The van der Waals surface area contributed by atoms with Crippen LogP contribution in [0.3, 0.4) is 0 Å². The first-order chi connectivity index (χ1) is 5.46. The quantitative estimate of drug-likeness (QED) is 0.559. The molecule has 0 saturated carbocycles. The van der Waals surface area contributed by atoms with Crippen molar-refractivity contribution >= 4 is 27.8 Å². The third-order valence-electron chi connectivity index (χ3n) is 2.13. The second-order valence-corrected chi connectivity index (χ2v) is 13.7. The molecule has 0 radical (unpaired) electrons. The van der Waals surface area contributed by atoms with Crippen molar-refractivity contribution in [3.05, 3.63) is 0 Å². The SMILES string of the molecule is CCCP(Cl)(Cl)(CCC)CCC. The van der Waals surface area contributed by atoms with Crippen LogP contribution in [0.15, 0.2) is 0 Å². The molecule has 0 fully saturated rings. The fourth-order valence-corrected chi connectivity index (χ4v) is 8.42. The van der Waals surface area contributed by atoms with Crippen molar-refractivity contribution in [3.8, 4) is 0 Å². The van der Waals surface area contributed by atoms with Crippen LogP contribution in [0, 0.1) is 0 Å². The van der Waals surface area contributed by atoms with Gasteiger partial charge in [0.25, 0.3) is 0 Å². The predicted molar refractivity (Wildman–Crippen MR) is 64.1 cm³/mol. The first kappa shape index (κ1) is 13.0. The van der Waals surface area contributed by atoms with Gasteiger partial charge in [0.2, 0.25) is 0 Å². The van der Waals surface area contributed by atoms with Gasteiger partial charge in [0.05, 0.1) is 0 Å². The van der Waals surface area contributed by atoms with Crippen LogP contribution in [-0.4, -0.2) is 18.5 Å². The Balaban J connectivity index is 4.31. The second-order valence-electron chi connectivity index (χ2n) is 3.62. The van der Waals surface area contributed by atoms with Gasteiger partial charge in [-0.2, -0.15) is 0 Å². The molecule has 3 heteroatoms. The van der Waals surface area contributed by atoms with E-state index < -0.39 is 5.31 Å². The van der Waals surface area contributed by atoms with E-state index in [9.17, 15) is 0 Å². The molecule has 12 heavy (non-hydrogen) atoms. The third kappa shape index (κ3) is 4.30. The van der Waals surface area contributed by atoms with Crippen LogP contribution >= 0.6 is 27.8 Å². The average Bonchev–Trinajstić information content (AvgIpc) is 1.86. The Morgan fingerprint density at radius 3 is 1.17 bits per heavy atom. The molecule has 0 aromatic rings. The summed E-state index contributed by atoms with van der Waals surface area (Å²) >= 11 is 13.2. The predicted octanol–water partition coefficient (Wildman–Crippen LogP) is 5.08. The van der Waals surface area contributed by atoms with Crippen LogP contribution in [0.5, 0.6) is 0 Å². The molecule has 0 aliphatic carbocycles. The monoisotopic (exact) mass is 230 g/mol. The fourth-order valence-electron chi connectivity index (χ4n) is 1.79. The topological polar surface area (TPSA) is 0 Å². The van der Waals surface area contributed by atoms with E-state index in [0.717, 1.165) is 37.7 Å². The summed E-state index contributed by atoms with van der Waals surface area (Å²) < 4.78 is 0. The molecule has 0 nitrogen and oxygen atoms in total. The van der Waals surface area contributed by atoms with E-state index in [-0.39, 0.29) is 0 Å². The average molecular weight is 231 g/mol. The van der Waals surface area contributed by atoms with Crippen molar-refractivity contribution in [1.29, 1.82) is 0 Å². The van der Waals surface area contributed by atoms with Crippen LogP contribution in [0.2, 0.25) is 0 Å². The van der Waals surface area contributed by atoms with Crippen molar-refractivity contribution in [2.45, 2.75) is 40.0 Å². The van der Waals surface area contributed by atoms with Gasteiger partial charge in [0.1, 0.15) is 0 Å². The van der Waals surface area contributed by atoms with Crippen LogP contribution in [-0.2, 0) is 0 Å². The fraction of sp³-hybridized carbons (Fsp3) is 1.00. The van der Waals surface area contributed by atoms with E-state index in [1.807, 2.05) is 0 Å². The Kier molecular flexibility index (Phi) is 5.46. The van der Waals surface area contributed by atoms with Gasteiger partial charge in [-0.05, 0) is 0 Å². The van der Waals surface area contributed by atoms with Crippen molar-refractivity contribution in [1.82, 2.24) is 0 Å². The molecule has 0 rings (SSSR count). The van der Waals surface area contributed by atoms with Gasteiger partial charge in [-0.25, -0.2) is 0 Å². The summed E-state index contributed by atoms with van der Waals surface area (Å²) in [5, 5.41) is -2.27. The number of hydrogen-bond donors (Lipinski definition) is 0. The van der Waals surface area contributed by atoms with E-state index in [2.05, 4.69) is 20.8 Å². The zero-order valence-electron chi connectivity index (χ0n) is 8.45. The van der Waals surface area contributed by atoms with Gasteiger partial charge >= 0.3 is 86.3 Å². The molecule has 0 bridgehead atoms. The standard InChI is InChI=1S/C9H21Cl2P/c1-4-7-12(10,11,8-5-2)9-6-3/h4-9H2,1-3H3. The van der Waals surface area contributed by atoms with E-state index in [0.29, 0.717) is 0 Å².